The molecule has 5 nitrogen and oxygen atoms in total. The van der Waals surface area contributed by atoms with Gasteiger partial charge in [0.15, 0.2) is 5.76 Å². The number of hydrogen-bond acceptors (Lipinski definition) is 5. The number of amides is 1. The van der Waals surface area contributed by atoms with Crippen molar-refractivity contribution in [1.82, 2.24) is 15.5 Å². The first-order valence-corrected chi connectivity index (χ1v) is 12.7. The van der Waals surface area contributed by atoms with Crippen LogP contribution in [0.5, 0.6) is 0 Å². The smallest absolute Gasteiger partial charge is 0.287 e. The van der Waals surface area contributed by atoms with E-state index in [9.17, 15) is 4.79 Å². The highest BCUT2D eigenvalue weighted by molar-refractivity contribution is 7.98. The zero-order valence-electron chi connectivity index (χ0n) is 19.6. The summed E-state index contributed by atoms with van der Waals surface area (Å²) >= 11 is 1.52. The minimum absolute atomic E-state index is 0.164. The number of benzene rings is 3. The van der Waals surface area contributed by atoms with E-state index in [-0.39, 0.29) is 11.9 Å². The molecule has 2 aromatic heterocycles. The third-order valence-electron chi connectivity index (χ3n) is 5.75. The third-order valence-corrected chi connectivity index (χ3v) is 6.69. The molecule has 0 saturated heterocycles. The summed E-state index contributed by atoms with van der Waals surface area (Å²) in [6.45, 7) is 0. The van der Waals surface area contributed by atoms with Gasteiger partial charge in [0.2, 0.25) is 0 Å². The van der Waals surface area contributed by atoms with Crippen LogP contribution in [-0.2, 0) is 12.2 Å². The van der Waals surface area contributed by atoms with Crippen molar-refractivity contribution in [1.29, 1.82) is 0 Å². The maximum atomic E-state index is 13.0. The van der Waals surface area contributed by atoms with Gasteiger partial charge < -0.3 is 9.73 Å². The van der Waals surface area contributed by atoms with Crippen LogP contribution in [0, 0.1) is 0 Å². The van der Waals surface area contributed by atoms with Crippen LogP contribution in [-0.4, -0.2) is 16.1 Å². The van der Waals surface area contributed by atoms with Gasteiger partial charge in [0, 0.05) is 5.56 Å². The van der Waals surface area contributed by atoms with E-state index in [2.05, 4.69) is 27.6 Å². The summed E-state index contributed by atoms with van der Waals surface area (Å²) in [7, 11) is 0. The molecule has 3 aromatic carbocycles. The molecular formula is C30H25N3O2S. The molecule has 0 aliphatic carbocycles. The third kappa shape index (κ3) is 6.09. The molecule has 5 rings (SSSR count). The van der Waals surface area contributed by atoms with Crippen LogP contribution >= 0.6 is 11.8 Å². The molecule has 5 aromatic rings. The first-order chi connectivity index (χ1) is 17.7. The maximum Gasteiger partial charge on any atom is 0.287 e. The van der Waals surface area contributed by atoms with E-state index < -0.39 is 0 Å². The zero-order valence-corrected chi connectivity index (χ0v) is 20.4. The van der Waals surface area contributed by atoms with Gasteiger partial charge in [0.1, 0.15) is 10.8 Å². The Morgan fingerprint density at radius 1 is 0.778 bits per heavy atom. The topological polar surface area (TPSA) is 68.0 Å². The Bertz CT molecular complexity index is 1390. The lowest BCUT2D eigenvalue weighted by molar-refractivity contribution is 0.0907. The molecule has 0 aliphatic rings. The predicted octanol–water partition coefficient (Wildman–Crippen LogP) is 6.74. The molecule has 178 valence electrons. The Hall–Kier alpha value is -4.16. The Morgan fingerprint density at radius 3 is 2.17 bits per heavy atom. The molecule has 0 radical (unpaired) electrons. The summed E-state index contributed by atoms with van der Waals surface area (Å²) in [4.78, 5) is 13.0. The van der Waals surface area contributed by atoms with Crippen LogP contribution in [0.25, 0.3) is 11.3 Å². The molecule has 6 heteroatoms. The van der Waals surface area contributed by atoms with Gasteiger partial charge in [-0.15, -0.1) is 10.2 Å². The number of carbonyl (C=O) groups is 1. The van der Waals surface area contributed by atoms with Crippen LogP contribution < -0.4 is 5.32 Å². The highest BCUT2D eigenvalue weighted by Crippen LogP contribution is 2.24. The van der Waals surface area contributed by atoms with E-state index in [0.717, 1.165) is 27.4 Å². The first kappa shape index (κ1) is 23.6. The van der Waals surface area contributed by atoms with Crippen LogP contribution in [0.1, 0.15) is 33.5 Å². The van der Waals surface area contributed by atoms with Crippen molar-refractivity contribution in [3.05, 3.63) is 138 Å². The first-order valence-electron chi connectivity index (χ1n) is 11.7. The number of rotatable bonds is 9. The number of furan rings is 1. The normalized spacial score (nSPS) is 11.7. The van der Waals surface area contributed by atoms with Gasteiger partial charge in [-0.25, -0.2) is 0 Å². The van der Waals surface area contributed by atoms with Gasteiger partial charge in [-0.05, 0) is 41.8 Å². The highest BCUT2D eigenvalue weighted by atomic mass is 32.2. The fourth-order valence-corrected chi connectivity index (χ4v) is 4.61. The molecule has 1 amide bonds. The number of carbonyl (C=O) groups excluding carboxylic acids is 1. The van der Waals surface area contributed by atoms with Crippen LogP contribution in [0.15, 0.2) is 125 Å². The molecule has 1 N–H and O–H groups in total. The fraction of sp³-hybridized carbons (Fsp3) is 0.100. The summed E-state index contributed by atoms with van der Waals surface area (Å²) in [6, 6.07) is 37.4. The summed E-state index contributed by atoms with van der Waals surface area (Å²) in [6.07, 6.45) is 0.692. The molecule has 1 atom stereocenters. The number of thioether (sulfide) groups is 1. The number of nitrogens with one attached hydrogen (secondary N) is 1. The standard InChI is InChI=1S/C30H25N3O2S/c34-30(31-27(24-14-8-3-9-15-24)20-22-10-4-1-5-11-22)28-18-16-25(35-28)21-36-29-19-17-26(32-33-29)23-12-6-2-7-13-23/h1-19,27H,20-21H2,(H,31,34). The van der Waals surface area contributed by atoms with Gasteiger partial charge >= 0.3 is 0 Å². The Morgan fingerprint density at radius 2 is 1.47 bits per heavy atom. The van der Waals surface area contributed by atoms with Crippen LogP contribution in [0.3, 0.4) is 0 Å². The van der Waals surface area contributed by atoms with E-state index in [1.165, 1.54) is 11.8 Å². The zero-order chi connectivity index (χ0) is 24.6. The fourth-order valence-electron chi connectivity index (χ4n) is 3.90. The lowest BCUT2D eigenvalue weighted by Gasteiger charge is -2.19. The second-order valence-electron chi connectivity index (χ2n) is 8.30. The van der Waals surface area contributed by atoms with Crippen molar-refractivity contribution in [2.45, 2.75) is 23.2 Å². The molecule has 36 heavy (non-hydrogen) atoms. The molecule has 0 saturated carbocycles. The lowest BCUT2D eigenvalue weighted by atomic mass is 9.99. The monoisotopic (exact) mass is 491 g/mol. The molecular weight excluding hydrogens is 466 g/mol. The Kier molecular flexibility index (Phi) is 7.54. The molecule has 1 unspecified atom stereocenters. The highest BCUT2D eigenvalue weighted by Gasteiger charge is 2.19. The number of aromatic nitrogens is 2. The number of hydrogen-bond donors (Lipinski definition) is 1. The minimum atomic E-state index is -0.233. The van der Waals surface area contributed by atoms with Gasteiger partial charge in [-0.1, -0.05) is 103 Å². The molecule has 2 heterocycles. The Labute approximate surface area is 214 Å². The number of nitrogens with zero attached hydrogens (tertiary/aromatic N) is 2. The van der Waals surface area contributed by atoms with E-state index >= 15 is 0 Å². The molecule has 0 aliphatic heterocycles. The predicted molar refractivity (Wildman–Crippen MR) is 143 cm³/mol. The quantitative estimate of drug-likeness (QED) is 0.231. The summed E-state index contributed by atoms with van der Waals surface area (Å²) in [5, 5.41) is 12.6. The second-order valence-corrected chi connectivity index (χ2v) is 9.30. The lowest BCUT2D eigenvalue weighted by Crippen LogP contribution is -2.29. The average Bonchev–Trinajstić information content (AvgIpc) is 3.43. The molecule has 0 bridgehead atoms. The SMILES string of the molecule is O=C(NC(Cc1ccccc1)c1ccccc1)c1ccc(CSc2ccc(-c3ccccc3)nn2)o1. The van der Waals surface area contributed by atoms with Gasteiger partial charge in [0.25, 0.3) is 5.91 Å². The van der Waals surface area contributed by atoms with Gasteiger partial charge in [-0.2, -0.15) is 0 Å². The van der Waals surface area contributed by atoms with Gasteiger partial charge in [0.05, 0.1) is 17.5 Å². The van der Waals surface area contributed by atoms with Crippen molar-refractivity contribution < 1.29 is 9.21 Å². The summed E-state index contributed by atoms with van der Waals surface area (Å²) < 4.78 is 5.87. The van der Waals surface area contributed by atoms with Crippen LogP contribution in [0.4, 0.5) is 0 Å². The average molecular weight is 492 g/mol. The van der Waals surface area contributed by atoms with Crippen LogP contribution in [0.2, 0.25) is 0 Å². The maximum absolute atomic E-state index is 13.0. The van der Waals surface area contributed by atoms with Crippen molar-refractivity contribution in [3.8, 4) is 11.3 Å². The summed E-state index contributed by atoms with van der Waals surface area (Å²) in [5.41, 5.74) is 4.07. The second kappa shape index (κ2) is 11.5. The largest absolute Gasteiger partial charge is 0.455 e. The molecule has 0 fully saturated rings. The van der Waals surface area contributed by atoms with E-state index in [4.69, 9.17) is 4.42 Å². The van der Waals surface area contributed by atoms with E-state index in [1.807, 2.05) is 97.1 Å². The van der Waals surface area contributed by atoms with Gasteiger partial charge in [-0.3, -0.25) is 4.79 Å². The Balaban J connectivity index is 1.21. The summed E-state index contributed by atoms with van der Waals surface area (Å²) in [5.74, 6) is 1.32. The van der Waals surface area contributed by atoms with Crippen molar-refractivity contribution in [2.24, 2.45) is 0 Å². The van der Waals surface area contributed by atoms with Crippen molar-refractivity contribution in [3.63, 3.8) is 0 Å². The van der Waals surface area contributed by atoms with Crippen molar-refractivity contribution in [2.75, 3.05) is 0 Å². The van der Waals surface area contributed by atoms with E-state index in [1.54, 1.807) is 6.07 Å². The van der Waals surface area contributed by atoms with Crippen molar-refractivity contribution >= 4 is 17.7 Å². The van der Waals surface area contributed by atoms with E-state index in [0.29, 0.717) is 23.7 Å². The minimum Gasteiger partial charge on any atom is -0.455 e. The molecule has 0 spiro atoms.